The molecule has 0 aliphatic carbocycles. The molecule has 0 unspecified atom stereocenters. The number of carbonyl (C=O) groups is 2. The van der Waals surface area contributed by atoms with E-state index in [1.165, 1.54) is 0 Å². The first-order valence-electron chi connectivity index (χ1n) is 5.61. The third-order valence-corrected chi connectivity index (χ3v) is 2.24. The summed E-state index contributed by atoms with van der Waals surface area (Å²) in [7, 11) is 0. The summed E-state index contributed by atoms with van der Waals surface area (Å²) in [6, 6.07) is 0. The van der Waals surface area contributed by atoms with Crippen LogP contribution in [0.5, 0.6) is 0 Å². The summed E-state index contributed by atoms with van der Waals surface area (Å²) in [5.74, 6) is -1.85. The van der Waals surface area contributed by atoms with E-state index in [2.05, 4.69) is 4.74 Å². The van der Waals surface area contributed by atoms with Gasteiger partial charge < -0.3 is 35.6 Å². The Morgan fingerprint density at radius 3 is 2.21 bits per heavy atom. The molecule has 19 heavy (non-hydrogen) atoms. The molecule has 0 radical (unpaired) electrons. The molecule has 9 heteroatoms. The molecule has 0 aromatic rings. The van der Waals surface area contributed by atoms with Gasteiger partial charge in [-0.15, -0.1) is 0 Å². The summed E-state index contributed by atoms with van der Waals surface area (Å²) in [5.41, 5.74) is 0. The van der Waals surface area contributed by atoms with Crippen molar-refractivity contribution >= 4 is 11.9 Å². The molecule has 4 atom stereocenters. The number of rotatable bonds is 8. The van der Waals surface area contributed by atoms with Crippen molar-refractivity contribution in [3.05, 3.63) is 0 Å². The van der Waals surface area contributed by atoms with Crippen LogP contribution in [-0.2, 0) is 14.3 Å². The van der Waals surface area contributed by atoms with Gasteiger partial charge in [0.1, 0.15) is 24.9 Å². The maximum absolute atomic E-state index is 11.3. The Kier molecular flexibility index (Phi) is 8.19. The second-order valence-corrected chi connectivity index (χ2v) is 3.70. The van der Waals surface area contributed by atoms with E-state index in [0.717, 1.165) is 0 Å². The van der Waals surface area contributed by atoms with Gasteiger partial charge in [0.15, 0.2) is 6.10 Å². The standard InChI is InChI=1S/C10H19NO8/c1-2-19-6(14)3-11-10(18)9(17)8(16)7(15)5(13)4-12/h5,7-9,12-13,15-17H,2-4H2,1H3,(H,11,18)/t5-,7-,8+,9-/m1/s1. The summed E-state index contributed by atoms with van der Waals surface area (Å²) >= 11 is 0. The Morgan fingerprint density at radius 2 is 1.74 bits per heavy atom. The van der Waals surface area contributed by atoms with Crippen molar-refractivity contribution in [3.63, 3.8) is 0 Å². The highest BCUT2D eigenvalue weighted by atomic mass is 16.5. The number of aliphatic hydroxyl groups is 5. The number of hydrogen-bond donors (Lipinski definition) is 6. The molecular weight excluding hydrogens is 262 g/mol. The summed E-state index contributed by atoms with van der Waals surface area (Å²) in [6.07, 6.45) is -7.69. The highest BCUT2D eigenvalue weighted by Gasteiger charge is 2.34. The van der Waals surface area contributed by atoms with Gasteiger partial charge in [-0.3, -0.25) is 9.59 Å². The molecule has 0 aromatic carbocycles. The Labute approximate surface area is 109 Å². The average Bonchev–Trinajstić information content (AvgIpc) is 2.41. The topological polar surface area (TPSA) is 157 Å². The average molecular weight is 281 g/mol. The van der Waals surface area contributed by atoms with Crippen LogP contribution in [-0.4, -0.2) is 81.6 Å². The van der Waals surface area contributed by atoms with Gasteiger partial charge in [0.05, 0.1) is 13.2 Å². The van der Waals surface area contributed by atoms with E-state index in [-0.39, 0.29) is 6.61 Å². The molecule has 0 aromatic heterocycles. The van der Waals surface area contributed by atoms with E-state index in [1.54, 1.807) is 6.92 Å². The van der Waals surface area contributed by atoms with Gasteiger partial charge in [-0.25, -0.2) is 0 Å². The first-order valence-corrected chi connectivity index (χ1v) is 5.61. The summed E-state index contributed by atoms with van der Waals surface area (Å²) in [5, 5.41) is 47.6. The zero-order valence-electron chi connectivity index (χ0n) is 10.4. The predicted octanol–water partition coefficient (Wildman–Crippen LogP) is -3.90. The lowest BCUT2D eigenvalue weighted by atomic mass is 10.0. The van der Waals surface area contributed by atoms with E-state index in [1.807, 2.05) is 5.32 Å². The number of carbonyl (C=O) groups excluding carboxylic acids is 2. The number of ether oxygens (including phenoxy) is 1. The summed E-state index contributed by atoms with van der Waals surface area (Å²) in [4.78, 5) is 22.2. The molecule has 0 aliphatic rings. The van der Waals surface area contributed by atoms with E-state index < -0.39 is 49.4 Å². The Balaban J connectivity index is 4.28. The SMILES string of the molecule is CCOC(=O)CNC(=O)[C@H](O)[C@@H](O)[C@H](O)[C@H](O)CO. The maximum Gasteiger partial charge on any atom is 0.325 e. The highest BCUT2D eigenvalue weighted by molar-refractivity contribution is 5.85. The monoisotopic (exact) mass is 281 g/mol. The Hall–Kier alpha value is -1.26. The normalized spacial score (nSPS) is 17.2. The van der Waals surface area contributed by atoms with Crippen LogP contribution >= 0.6 is 0 Å². The van der Waals surface area contributed by atoms with Gasteiger partial charge in [0, 0.05) is 0 Å². The fourth-order valence-corrected chi connectivity index (χ4v) is 1.15. The Bertz CT molecular complexity index is 297. The molecule has 6 N–H and O–H groups in total. The minimum atomic E-state index is -2.06. The maximum atomic E-state index is 11.3. The Morgan fingerprint density at radius 1 is 1.16 bits per heavy atom. The van der Waals surface area contributed by atoms with Gasteiger partial charge in [-0.2, -0.15) is 0 Å². The third kappa shape index (κ3) is 5.94. The fraction of sp³-hybridized carbons (Fsp3) is 0.800. The molecule has 9 nitrogen and oxygen atoms in total. The van der Waals surface area contributed by atoms with Crippen LogP contribution in [0.4, 0.5) is 0 Å². The van der Waals surface area contributed by atoms with Crippen LogP contribution in [0.15, 0.2) is 0 Å². The number of hydrogen-bond acceptors (Lipinski definition) is 8. The highest BCUT2D eigenvalue weighted by Crippen LogP contribution is 2.05. The zero-order valence-corrected chi connectivity index (χ0v) is 10.4. The molecule has 0 saturated carbocycles. The lowest BCUT2D eigenvalue weighted by molar-refractivity contribution is -0.152. The molecule has 0 aliphatic heterocycles. The first-order chi connectivity index (χ1) is 8.84. The number of amides is 1. The smallest absolute Gasteiger partial charge is 0.325 e. The van der Waals surface area contributed by atoms with E-state index in [0.29, 0.717) is 0 Å². The lowest BCUT2D eigenvalue weighted by Gasteiger charge is -2.24. The lowest BCUT2D eigenvalue weighted by Crippen LogP contribution is -2.52. The molecule has 0 bridgehead atoms. The van der Waals surface area contributed by atoms with Crippen molar-refractivity contribution < 1.29 is 39.9 Å². The van der Waals surface area contributed by atoms with Crippen molar-refractivity contribution in [2.45, 2.75) is 31.3 Å². The van der Waals surface area contributed by atoms with Gasteiger partial charge >= 0.3 is 5.97 Å². The van der Waals surface area contributed by atoms with Gasteiger partial charge in [0.25, 0.3) is 5.91 Å². The molecule has 0 spiro atoms. The second kappa shape index (κ2) is 8.77. The van der Waals surface area contributed by atoms with E-state index in [9.17, 15) is 24.9 Å². The molecule has 0 fully saturated rings. The zero-order chi connectivity index (χ0) is 15.0. The van der Waals surface area contributed by atoms with Crippen LogP contribution in [0.25, 0.3) is 0 Å². The van der Waals surface area contributed by atoms with E-state index in [4.69, 9.17) is 10.2 Å². The number of esters is 1. The first kappa shape index (κ1) is 17.7. The minimum absolute atomic E-state index is 0.126. The minimum Gasteiger partial charge on any atom is -0.465 e. The quantitative estimate of drug-likeness (QED) is 0.246. The van der Waals surface area contributed by atoms with Crippen LogP contribution < -0.4 is 5.32 Å². The van der Waals surface area contributed by atoms with Crippen LogP contribution in [0.1, 0.15) is 6.92 Å². The van der Waals surface area contributed by atoms with Gasteiger partial charge in [-0.1, -0.05) is 0 Å². The number of aliphatic hydroxyl groups excluding tert-OH is 5. The van der Waals surface area contributed by atoms with Crippen LogP contribution in [0, 0.1) is 0 Å². The molecule has 0 saturated heterocycles. The van der Waals surface area contributed by atoms with Crippen molar-refractivity contribution in [2.75, 3.05) is 19.8 Å². The molecule has 0 rings (SSSR count). The molecule has 112 valence electrons. The largest absolute Gasteiger partial charge is 0.465 e. The van der Waals surface area contributed by atoms with Crippen molar-refractivity contribution in [3.8, 4) is 0 Å². The van der Waals surface area contributed by atoms with Crippen molar-refractivity contribution in [2.24, 2.45) is 0 Å². The summed E-state index contributed by atoms with van der Waals surface area (Å²) in [6.45, 7) is 0.344. The van der Waals surface area contributed by atoms with Crippen molar-refractivity contribution in [1.29, 1.82) is 0 Å². The predicted molar refractivity (Wildman–Crippen MR) is 60.8 cm³/mol. The summed E-state index contributed by atoms with van der Waals surface area (Å²) < 4.78 is 4.52. The molecular formula is C10H19NO8. The van der Waals surface area contributed by atoms with E-state index >= 15 is 0 Å². The van der Waals surface area contributed by atoms with Gasteiger partial charge in [0.2, 0.25) is 0 Å². The molecule has 1 amide bonds. The number of nitrogens with one attached hydrogen (secondary N) is 1. The van der Waals surface area contributed by atoms with Gasteiger partial charge in [-0.05, 0) is 6.92 Å². The molecule has 0 heterocycles. The fourth-order valence-electron chi connectivity index (χ4n) is 1.15. The van der Waals surface area contributed by atoms with Crippen LogP contribution in [0.2, 0.25) is 0 Å². The second-order valence-electron chi connectivity index (χ2n) is 3.70. The third-order valence-electron chi connectivity index (χ3n) is 2.24. The van der Waals surface area contributed by atoms with Crippen molar-refractivity contribution in [1.82, 2.24) is 5.32 Å². The van der Waals surface area contributed by atoms with Crippen LogP contribution in [0.3, 0.4) is 0 Å².